The van der Waals surface area contributed by atoms with Crippen LogP contribution in [-0.2, 0) is 17.5 Å². The Morgan fingerprint density at radius 3 is 2.40 bits per heavy atom. The standard InChI is InChI=1S/C22H19F3N8O2/c23-22(24,25)20-31-19(32-35-20)15-1-3-16(27-12-15)13-29-21-26-6-5-17(30-21)14-2-4-18(28-11-14)33-7-9-34-10-8-33/h1-6,11-12H,7-10,13H2,(H,26,29,30). The van der Waals surface area contributed by atoms with Gasteiger partial charge in [0.15, 0.2) is 0 Å². The van der Waals surface area contributed by atoms with E-state index in [4.69, 9.17) is 4.74 Å². The molecule has 0 bridgehead atoms. The summed E-state index contributed by atoms with van der Waals surface area (Å²) in [5.41, 5.74) is 2.50. The molecular weight excluding hydrogens is 465 g/mol. The molecule has 1 N–H and O–H groups in total. The van der Waals surface area contributed by atoms with Crippen molar-refractivity contribution in [3.05, 3.63) is 60.5 Å². The van der Waals surface area contributed by atoms with Crippen LogP contribution < -0.4 is 10.2 Å². The lowest BCUT2D eigenvalue weighted by molar-refractivity contribution is -0.159. The maximum absolute atomic E-state index is 12.6. The van der Waals surface area contributed by atoms with Gasteiger partial charge in [-0.05, 0) is 30.3 Å². The Kier molecular flexibility index (Phi) is 6.23. The van der Waals surface area contributed by atoms with E-state index in [2.05, 4.69) is 44.8 Å². The van der Waals surface area contributed by atoms with Crippen molar-refractivity contribution in [2.24, 2.45) is 0 Å². The average Bonchev–Trinajstić information content (AvgIpc) is 3.40. The summed E-state index contributed by atoms with van der Waals surface area (Å²) in [6.45, 7) is 3.31. The molecule has 10 nitrogen and oxygen atoms in total. The second-order valence-corrected chi connectivity index (χ2v) is 7.58. The van der Waals surface area contributed by atoms with Crippen molar-refractivity contribution >= 4 is 11.8 Å². The quantitative estimate of drug-likeness (QED) is 0.436. The van der Waals surface area contributed by atoms with Crippen LogP contribution >= 0.6 is 0 Å². The fraction of sp³-hybridized carbons (Fsp3) is 0.273. The number of hydrogen-bond donors (Lipinski definition) is 1. The van der Waals surface area contributed by atoms with Crippen LogP contribution in [0, 0.1) is 0 Å². The van der Waals surface area contributed by atoms with E-state index >= 15 is 0 Å². The second kappa shape index (κ2) is 9.62. The Labute approximate surface area is 197 Å². The van der Waals surface area contributed by atoms with Gasteiger partial charge in [-0.3, -0.25) is 4.98 Å². The van der Waals surface area contributed by atoms with E-state index in [0.717, 1.165) is 24.5 Å². The normalized spacial score (nSPS) is 14.2. The molecule has 4 aromatic heterocycles. The Bertz CT molecular complexity index is 1270. The number of ether oxygens (including phenoxy) is 1. The number of pyridine rings is 2. The SMILES string of the molecule is FC(F)(F)c1nc(-c2ccc(CNc3nccc(-c4ccc(N5CCOCC5)nc4)n3)nc2)no1. The van der Waals surface area contributed by atoms with Gasteiger partial charge >= 0.3 is 12.1 Å². The Hall–Kier alpha value is -4.13. The highest BCUT2D eigenvalue weighted by molar-refractivity contribution is 5.61. The molecule has 13 heteroatoms. The second-order valence-electron chi connectivity index (χ2n) is 7.58. The molecule has 0 spiro atoms. The number of nitrogens with one attached hydrogen (secondary N) is 1. The smallest absolute Gasteiger partial charge is 0.378 e. The molecule has 1 aliphatic heterocycles. The van der Waals surface area contributed by atoms with Crippen LogP contribution in [0.5, 0.6) is 0 Å². The minimum Gasteiger partial charge on any atom is -0.378 e. The summed E-state index contributed by atoms with van der Waals surface area (Å²) in [5, 5.41) is 6.44. The number of morpholine rings is 1. The molecule has 0 aliphatic carbocycles. The number of anilines is 2. The highest BCUT2D eigenvalue weighted by Gasteiger charge is 2.38. The predicted octanol–water partition coefficient (Wildman–Crippen LogP) is 3.45. The van der Waals surface area contributed by atoms with Gasteiger partial charge in [-0.15, -0.1) is 0 Å². The molecule has 35 heavy (non-hydrogen) atoms. The predicted molar refractivity (Wildman–Crippen MR) is 118 cm³/mol. The Morgan fingerprint density at radius 2 is 1.71 bits per heavy atom. The molecule has 0 aromatic carbocycles. The van der Waals surface area contributed by atoms with E-state index in [1.165, 1.54) is 6.20 Å². The largest absolute Gasteiger partial charge is 0.471 e. The molecule has 4 aromatic rings. The summed E-state index contributed by atoms with van der Waals surface area (Å²) in [7, 11) is 0. The molecule has 1 fully saturated rings. The minimum atomic E-state index is -4.70. The summed E-state index contributed by atoms with van der Waals surface area (Å²) in [6, 6.07) is 8.93. The maximum atomic E-state index is 12.6. The molecule has 0 atom stereocenters. The van der Waals surface area contributed by atoms with Gasteiger partial charge in [0.05, 0.1) is 31.1 Å². The van der Waals surface area contributed by atoms with Crippen molar-refractivity contribution in [1.29, 1.82) is 0 Å². The minimum absolute atomic E-state index is 0.186. The first kappa shape index (κ1) is 22.7. The van der Waals surface area contributed by atoms with E-state index in [-0.39, 0.29) is 5.82 Å². The van der Waals surface area contributed by atoms with E-state index in [1.54, 1.807) is 30.6 Å². The molecule has 1 saturated heterocycles. The average molecular weight is 484 g/mol. The van der Waals surface area contributed by atoms with E-state index in [1.807, 2.05) is 12.1 Å². The van der Waals surface area contributed by atoms with Crippen molar-refractivity contribution < 1.29 is 22.4 Å². The molecule has 5 rings (SSSR count). The highest BCUT2D eigenvalue weighted by atomic mass is 19.4. The fourth-order valence-electron chi connectivity index (χ4n) is 3.41. The first-order valence-corrected chi connectivity index (χ1v) is 10.7. The fourth-order valence-corrected chi connectivity index (χ4v) is 3.41. The molecule has 0 unspecified atom stereocenters. The van der Waals surface area contributed by atoms with Crippen LogP contribution in [0.1, 0.15) is 11.6 Å². The molecule has 5 heterocycles. The van der Waals surface area contributed by atoms with Crippen LogP contribution in [0.25, 0.3) is 22.6 Å². The van der Waals surface area contributed by atoms with Gasteiger partial charge in [-0.2, -0.15) is 18.2 Å². The van der Waals surface area contributed by atoms with Crippen LogP contribution in [-0.4, -0.2) is 56.4 Å². The van der Waals surface area contributed by atoms with E-state index in [0.29, 0.717) is 42.7 Å². The summed E-state index contributed by atoms with van der Waals surface area (Å²) in [5.74, 6) is -0.289. The maximum Gasteiger partial charge on any atom is 0.471 e. The topological polar surface area (TPSA) is 115 Å². The molecule has 1 aliphatic rings. The summed E-state index contributed by atoms with van der Waals surface area (Å²) >= 11 is 0. The van der Waals surface area contributed by atoms with Gasteiger partial charge in [0.1, 0.15) is 5.82 Å². The lowest BCUT2D eigenvalue weighted by Crippen LogP contribution is -2.36. The number of nitrogens with zero attached hydrogens (tertiary/aromatic N) is 7. The molecule has 0 saturated carbocycles. The van der Waals surface area contributed by atoms with Gasteiger partial charge in [-0.1, -0.05) is 5.16 Å². The zero-order valence-electron chi connectivity index (χ0n) is 18.2. The first-order chi connectivity index (χ1) is 17.0. The van der Waals surface area contributed by atoms with E-state index < -0.39 is 12.1 Å². The van der Waals surface area contributed by atoms with Crippen molar-refractivity contribution in [2.75, 3.05) is 36.5 Å². The third-order valence-electron chi connectivity index (χ3n) is 5.21. The van der Waals surface area contributed by atoms with Crippen molar-refractivity contribution in [1.82, 2.24) is 30.1 Å². The third kappa shape index (κ3) is 5.35. The number of alkyl halides is 3. The third-order valence-corrected chi connectivity index (χ3v) is 5.21. The Morgan fingerprint density at radius 1 is 0.914 bits per heavy atom. The van der Waals surface area contributed by atoms with Gasteiger partial charge in [0.25, 0.3) is 0 Å². The lowest BCUT2D eigenvalue weighted by Gasteiger charge is -2.27. The van der Waals surface area contributed by atoms with E-state index in [9.17, 15) is 13.2 Å². The number of hydrogen-bond acceptors (Lipinski definition) is 10. The van der Waals surface area contributed by atoms with Crippen molar-refractivity contribution in [2.45, 2.75) is 12.7 Å². The zero-order chi connectivity index (χ0) is 24.3. The van der Waals surface area contributed by atoms with Gasteiger partial charge in [-0.25, -0.2) is 15.0 Å². The molecule has 0 amide bonds. The molecule has 180 valence electrons. The van der Waals surface area contributed by atoms with Gasteiger partial charge in [0.2, 0.25) is 11.8 Å². The van der Waals surface area contributed by atoms with Crippen LogP contribution in [0.4, 0.5) is 24.9 Å². The van der Waals surface area contributed by atoms with Crippen LogP contribution in [0.2, 0.25) is 0 Å². The zero-order valence-corrected chi connectivity index (χ0v) is 18.2. The number of aromatic nitrogens is 6. The van der Waals surface area contributed by atoms with Crippen LogP contribution in [0.15, 0.2) is 53.4 Å². The molecular formula is C22H19F3N8O2. The van der Waals surface area contributed by atoms with Crippen molar-refractivity contribution in [3.63, 3.8) is 0 Å². The highest BCUT2D eigenvalue weighted by Crippen LogP contribution is 2.29. The first-order valence-electron chi connectivity index (χ1n) is 10.7. The number of rotatable bonds is 6. The lowest BCUT2D eigenvalue weighted by atomic mass is 10.2. The number of halogens is 3. The van der Waals surface area contributed by atoms with Crippen LogP contribution in [0.3, 0.4) is 0 Å². The monoisotopic (exact) mass is 484 g/mol. The van der Waals surface area contributed by atoms with Gasteiger partial charge in [0, 0.05) is 42.8 Å². The Balaban J connectivity index is 1.22. The van der Waals surface area contributed by atoms with Gasteiger partial charge < -0.3 is 19.5 Å². The summed E-state index contributed by atoms with van der Waals surface area (Å²) in [4.78, 5) is 23.1. The molecule has 0 radical (unpaired) electrons. The summed E-state index contributed by atoms with van der Waals surface area (Å²) < 4.78 is 47.5. The van der Waals surface area contributed by atoms with Crippen molar-refractivity contribution in [3.8, 4) is 22.6 Å². The summed E-state index contributed by atoms with van der Waals surface area (Å²) in [6.07, 6.45) is 0.101.